The molecule has 156 valence electrons. The zero-order chi connectivity index (χ0) is 20.9. The van der Waals surface area contributed by atoms with Gasteiger partial charge in [-0.3, -0.25) is 4.79 Å². The number of fused-ring (bicyclic) bond motifs is 1. The standard InChI is InChI=1S/C24H28N4O2/c1-3-30-24-22(26-20-9-4-5-10-21(20)27-24)28-13-11-19(12-14-28)23(29)25-16-18-8-6-7-17(2)15-18/h4-10,15,19H,3,11-14,16H2,1-2H3,(H,25,29). The van der Waals surface area contributed by atoms with Gasteiger partial charge in [-0.05, 0) is 44.4 Å². The number of para-hydroxylation sites is 2. The topological polar surface area (TPSA) is 67.4 Å². The predicted molar refractivity (Wildman–Crippen MR) is 119 cm³/mol. The van der Waals surface area contributed by atoms with Crippen LogP contribution in [-0.2, 0) is 11.3 Å². The molecule has 6 heteroatoms. The molecule has 3 aromatic rings. The number of hydrogen-bond donors (Lipinski definition) is 1. The number of aromatic nitrogens is 2. The second-order valence-electron chi connectivity index (χ2n) is 7.74. The molecular formula is C24H28N4O2. The predicted octanol–water partition coefficient (Wildman–Crippen LogP) is 3.87. The van der Waals surface area contributed by atoms with Gasteiger partial charge in [0.25, 0.3) is 5.88 Å². The first kappa shape index (κ1) is 20.1. The average molecular weight is 405 g/mol. The lowest BCUT2D eigenvalue weighted by Gasteiger charge is -2.32. The Morgan fingerprint density at radius 1 is 1.10 bits per heavy atom. The third-order valence-electron chi connectivity index (χ3n) is 5.52. The number of nitrogens with one attached hydrogen (secondary N) is 1. The number of benzene rings is 2. The fourth-order valence-electron chi connectivity index (χ4n) is 3.92. The van der Waals surface area contributed by atoms with Crippen LogP contribution in [0.2, 0.25) is 0 Å². The van der Waals surface area contributed by atoms with Gasteiger partial charge in [0.2, 0.25) is 5.91 Å². The Morgan fingerprint density at radius 3 is 2.53 bits per heavy atom. The summed E-state index contributed by atoms with van der Waals surface area (Å²) in [4.78, 5) is 24.3. The number of amides is 1. The highest BCUT2D eigenvalue weighted by Gasteiger charge is 2.27. The van der Waals surface area contributed by atoms with Gasteiger partial charge >= 0.3 is 0 Å². The minimum atomic E-state index is 0.0232. The summed E-state index contributed by atoms with van der Waals surface area (Å²) < 4.78 is 5.78. The van der Waals surface area contributed by atoms with E-state index in [9.17, 15) is 4.79 Å². The summed E-state index contributed by atoms with van der Waals surface area (Å²) in [6.07, 6.45) is 1.58. The van der Waals surface area contributed by atoms with Gasteiger partial charge in [0.1, 0.15) is 0 Å². The van der Waals surface area contributed by atoms with Gasteiger partial charge in [-0.1, -0.05) is 42.0 Å². The van der Waals surface area contributed by atoms with Crippen LogP contribution in [0.15, 0.2) is 48.5 Å². The van der Waals surface area contributed by atoms with E-state index in [2.05, 4.69) is 34.3 Å². The molecule has 30 heavy (non-hydrogen) atoms. The molecule has 0 radical (unpaired) electrons. The van der Waals surface area contributed by atoms with E-state index in [1.807, 2.05) is 43.3 Å². The number of piperidine rings is 1. The Labute approximate surface area is 177 Å². The highest BCUT2D eigenvalue weighted by molar-refractivity contribution is 5.79. The number of carbonyl (C=O) groups is 1. The molecule has 2 heterocycles. The normalized spacial score (nSPS) is 14.7. The lowest BCUT2D eigenvalue weighted by Crippen LogP contribution is -2.41. The third-order valence-corrected chi connectivity index (χ3v) is 5.52. The maximum absolute atomic E-state index is 12.7. The Hall–Kier alpha value is -3.15. The molecule has 0 spiro atoms. The van der Waals surface area contributed by atoms with Crippen molar-refractivity contribution >= 4 is 22.8 Å². The lowest BCUT2D eigenvalue weighted by atomic mass is 9.95. The van der Waals surface area contributed by atoms with E-state index in [0.29, 0.717) is 19.0 Å². The van der Waals surface area contributed by atoms with Gasteiger partial charge in [-0.15, -0.1) is 0 Å². The highest BCUT2D eigenvalue weighted by atomic mass is 16.5. The molecule has 1 aromatic heterocycles. The van der Waals surface area contributed by atoms with Crippen LogP contribution in [0.5, 0.6) is 5.88 Å². The van der Waals surface area contributed by atoms with Gasteiger partial charge in [0, 0.05) is 25.6 Å². The second kappa shape index (κ2) is 9.11. The lowest BCUT2D eigenvalue weighted by molar-refractivity contribution is -0.125. The fourth-order valence-corrected chi connectivity index (χ4v) is 3.92. The molecule has 6 nitrogen and oxygen atoms in total. The van der Waals surface area contributed by atoms with Gasteiger partial charge in [0.15, 0.2) is 5.82 Å². The largest absolute Gasteiger partial charge is 0.475 e. The van der Waals surface area contributed by atoms with Crippen LogP contribution < -0.4 is 15.0 Å². The van der Waals surface area contributed by atoms with E-state index in [1.165, 1.54) is 5.56 Å². The van der Waals surface area contributed by atoms with Crippen LogP contribution in [0.25, 0.3) is 11.0 Å². The number of rotatable bonds is 6. The van der Waals surface area contributed by atoms with Crippen molar-refractivity contribution in [3.05, 3.63) is 59.7 Å². The maximum atomic E-state index is 12.7. The average Bonchev–Trinajstić information content (AvgIpc) is 2.77. The van der Waals surface area contributed by atoms with Crippen molar-refractivity contribution in [3.8, 4) is 5.88 Å². The minimum Gasteiger partial charge on any atom is -0.475 e. The van der Waals surface area contributed by atoms with E-state index in [-0.39, 0.29) is 11.8 Å². The highest BCUT2D eigenvalue weighted by Crippen LogP contribution is 2.30. The van der Waals surface area contributed by atoms with E-state index in [0.717, 1.165) is 48.3 Å². The first-order valence-electron chi connectivity index (χ1n) is 10.6. The monoisotopic (exact) mass is 404 g/mol. The summed E-state index contributed by atoms with van der Waals surface area (Å²) in [6, 6.07) is 16.1. The maximum Gasteiger partial charge on any atom is 0.258 e. The molecule has 0 atom stereocenters. The molecule has 1 aliphatic heterocycles. The van der Waals surface area contributed by atoms with Gasteiger partial charge in [0.05, 0.1) is 17.6 Å². The SMILES string of the molecule is CCOc1nc2ccccc2nc1N1CCC(C(=O)NCc2cccc(C)c2)CC1. The van der Waals surface area contributed by atoms with Crippen molar-refractivity contribution in [3.63, 3.8) is 0 Å². The Kier molecular flexibility index (Phi) is 6.12. The molecule has 2 aromatic carbocycles. The van der Waals surface area contributed by atoms with E-state index in [1.54, 1.807) is 0 Å². The van der Waals surface area contributed by atoms with E-state index >= 15 is 0 Å². The first-order chi connectivity index (χ1) is 14.6. The molecule has 4 rings (SSSR count). The quantitative estimate of drug-likeness (QED) is 0.676. The molecule has 0 saturated carbocycles. The summed E-state index contributed by atoms with van der Waals surface area (Å²) in [5.74, 6) is 1.49. The summed E-state index contributed by atoms with van der Waals surface area (Å²) in [7, 11) is 0. The van der Waals surface area contributed by atoms with E-state index < -0.39 is 0 Å². The molecule has 1 aliphatic rings. The smallest absolute Gasteiger partial charge is 0.258 e. The summed E-state index contributed by atoms with van der Waals surface area (Å²) in [5.41, 5.74) is 4.02. The molecule has 1 amide bonds. The fraction of sp³-hybridized carbons (Fsp3) is 0.375. The third kappa shape index (κ3) is 4.53. The zero-order valence-corrected chi connectivity index (χ0v) is 17.6. The van der Waals surface area contributed by atoms with Crippen LogP contribution in [0, 0.1) is 12.8 Å². The van der Waals surface area contributed by atoms with Crippen molar-refractivity contribution in [1.29, 1.82) is 0 Å². The van der Waals surface area contributed by atoms with E-state index in [4.69, 9.17) is 9.72 Å². The molecule has 0 bridgehead atoms. The van der Waals surface area contributed by atoms with Crippen molar-refractivity contribution in [1.82, 2.24) is 15.3 Å². The molecule has 1 saturated heterocycles. The van der Waals surface area contributed by atoms with Gasteiger partial charge in [-0.25, -0.2) is 9.97 Å². The molecule has 1 fully saturated rings. The minimum absolute atomic E-state index is 0.0232. The Morgan fingerprint density at radius 2 is 1.83 bits per heavy atom. The van der Waals surface area contributed by atoms with Crippen molar-refractivity contribution < 1.29 is 9.53 Å². The van der Waals surface area contributed by atoms with Crippen molar-refractivity contribution in [2.24, 2.45) is 5.92 Å². The summed E-state index contributed by atoms with van der Waals surface area (Å²) in [5, 5.41) is 3.10. The van der Waals surface area contributed by atoms with Gasteiger partial charge < -0.3 is 15.0 Å². The van der Waals surface area contributed by atoms with Crippen molar-refractivity contribution in [2.45, 2.75) is 33.2 Å². The zero-order valence-electron chi connectivity index (χ0n) is 17.6. The van der Waals surface area contributed by atoms with Crippen LogP contribution in [-0.4, -0.2) is 35.6 Å². The van der Waals surface area contributed by atoms with Crippen LogP contribution >= 0.6 is 0 Å². The van der Waals surface area contributed by atoms with Crippen molar-refractivity contribution in [2.75, 3.05) is 24.6 Å². The molecule has 0 aliphatic carbocycles. The van der Waals surface area contributed by atoms with Crippen LogP contribution in [0.1, 0.15) is 30.9 Å². The number of hydrogen-bond acceptors (Lipinski definition) is 5. The molecule has 1 N–H and O–H groups in total. The van der Waals surface area contributed by atoms with Crippen LogP contribution in [0.3, 0.4) is 0 Å². The molecular weight excluding hydrogens is 376 g/mol. The number of aryl methyl sites for hydroxylation is 1. The first-order valence-corrected chi connectivity index (χ1v) is 10.6. The number of carbonyl (C=O) groups excluding carboxylic acids is 1. The second-order valence-corrected chi connectivity index (χ2v) is 7.74. The molecule has 0 unspecified atom stereocenters. The Bertz CT molecular complexity index is 1030. The van der Waals surface area contributed by atoms with Gasteiger partial charge in [-0.2, -0.15) is 0 Å². The number of anilines is 1. The summed E-state index contributed by atoms with van der Waals surface area (Å²) in [6.45, 7) is 6.65. The number of nitrogens with zero attached hydrogens (tertiary/aromatic N) is 3. The summed E-state index contributed by atoms with van der Waals surface area (Å²) >= 11 is 0. The number of ether oxygens (including phenoxy) is 1. The Balaban J connectivity index is 1.40. The van der Waals surface area contributed by atoms with Crippen LogP contribution in [0.4, 0.5) is 5.82 Å².